The van der Waals surface area contributed by atoms with Crippen molar-refractivity contribution in [3.05, 3.63) is 47.0 Å². The van der Waals surface area contributed by atoms with Gasteiger partial charge in [-0.3, -0.25) is 5.10 Å². The number of nitrogens with zero attached hydrogens (tertiary/aromatic N) is 2. The van der Waals surface area contributed by atoms with E-state index in [4.69, 9.17) is 0 Å². The van der Waals surface area contributed by atoms with E-state index in [0.29, 0.717) is 11.8 Å². The maximum absolute atomic E-state index is 4.64. The third kappa shape index (κ3) is 1.74. The van der Waals surface area contributed by atoms with Crippen molar-refractivity contribution >= 4 is 0 Å². The number of rotatable bonds is 3. The zero-order valence-electron chi connectivity index (χ0n) is 10.4. The Morgan fingerprint density at radius 1 is 1.17 bits per heavy atom. The Bertz CT molecular complexity index is 569. The Morgan fingerprint density at radius 2 is 2.06 bits per heavy atom. The number of hydrogen-bond acceptors (Lipinski definition) is 2. The molecule has 0 saturated heterocycles. The molecule has 4 rings (SSSR count). The SMILES string of the molecule is c1ccc2c(c1)CCC2Cc1nc(C2CC2)n[nH]1. The van der Waals surface area contributed by atoms with E-state index in [1.807, 2.05) is 0 Å². The predicted molar refractivity (Wildman–Crippen MR) is 69.6 cm³/mol. The van der Waals surface area contributed by atoms with Crippen LogP contribution in [0.5, 0.6) is 0 Å². The molecule has 92 valence electrons. The van der Waals surface area contributed by atoms with Crippen LogP contribution in [0.3, 0.4) is 0 Å². The summed E-state index contributed by atoms with van der Waals surface area (Å²) < 4.78 is 0. The lowest BCUT2D eigenvalue weighted by Crippen LogP contribution is -2.00. The van der Waals surface area contributed by atoms with Crippen molar-refractivity contribution in [2.24, 2.45) is 0 Å². The van der Waals surface area contributed by atoms with Crippen molar-refractivity contribution in [1.82, 2.24) is 15.2 Å². The highest BCUT2D eigenvalue weighted by Crippen LogP contribution is 2.38. The smallest absolute Gasteiger partial charge is 0.153 e. The lowest BCUT2D eigenvalue weighted by atomic mass is 9.98. The number of nitrogens with one attached hydrogen (secondary N) is 1. The fourth-order valence-electron chi connectivity index (χ4n) is 3.02. The van der Waals surface area contributed by atoms with Crippen molar-refractivity contribution < 1.29 is 0 Å². The van der Waals surface area contributed by atoms with E-state index in [1.165, 1.54) is 36.8 Å². The number of aromatic amines is 1. The number of fused-ring (bicyclic) bond motifs is 1. The van der Waals surface area contributed by atoms with Crippen LogP contribution in [-0.2, 0) is 12.8 Å². The molecule has 0 amide bonds. The van der Waals surface area contributed by atoms with Gasteiger partial charge in [-0.1, -0.05) is 24.3 Å². The zero-order chi connectivity index (χ0) is 11.9. The monoisotopic (exact) mass is 239 g/mol. The summed E-state index contributed by atoms with van der Waals surface area (Å²) in [6.45, 7) is 0. The first-order chi connectivity index (χ1) is 8.90. The highest BCUT2D eigenvalue weighted by molar-refractivity contribution is 5.35. The van der Waals surface area contributed by atoms with Gasteiger partial charge in [0.15, 0.2) is 5.82 Å². The summed E-state index contributed by atoms with van der Waals surface area (Å²) in [5, 5.41) is 7.46. The van der Waals surface area contributed by atoms with Crippen molar-refractivity contribution in [3.63, 3.8) is 0 Å². The number of aromatic nitrogens is 3. The van der Waals surface area contributed by atoms with Gasteiger partial charge in [0.25, 0.3) is 0 Å². The van der Waals surface area contributed by atoms with E-state index in [9.17, 15) is 0 Å². The van der Waals surface area contributed by atoms with E-state index in [-0.39, 0.29) is 0 Å². The molecule has 1 atom stereocenters. The summed E-state index contributed by atoms with van der Waals surface area (Å²) in [5.41, 5.74) is 3.03. The van der Waals surface area contributed by atoms with E-state index in [1.54, 1.807) is 0 Å². The molecule has 1 heterocycles. The lowest BCUT2D eigenvalue weighted by molar-refractivity contribution is 0.651. The summed E-state index contributed by atoms with van der Waals surface area (Å²) in [5.74, 6) is 3.38. The average molecular weight is 239 g/mol. The Balaban J connectivity index is 1.54. The first kappa shape index (κ1) is 10.3. The minimum absolute atomic E-state index is 0.626. The summed E-state index contributed by atoms with van der Waals surface area (Å²) in [4.78, 5) is 4.64. The fraction of sp³-hybridized carbons (Fsp3) is 0.467. The number of hydrogen-bond donors (Lipinski definition) is 1. The second-order valence-electron chi connectivity index (χ2n) is 5.55. The maximum Gasteiger partial charge on any atom is 0.153 e. The molecule has 2 aliphatic carbocycles. The number of aryl methyl sites for hydroxylation is 1. The summed E-state index contributed by atoms with van der Waals surface area (Å²) in [6.07, 6.45) is 6.01. The van der Waals surface area contributed by atoms with Crippen LogP contribution in [-0.4, -0.2) is 15.2 Å². The van der Waals surface area contributed by atoms with Crippen LogP contribution < -0.4 is 0 Å². The molecule has 0 aliphatic heterocycles. The summed E-state index contributed by atoms with van der Waals surface area (Å²) in [6, 6.07) is 8.81. The molecular weight excluding hydrogens is 222 g/mol. The van der Waals surface area contributed by atoms with E-state index >= 15 is 0 Å². The van der Waals surface area contributed by atoms with Crippen molar-refractivity contribution in [1.29, 1.82) is 0 Å². The van der Waals surface area contributed by atoms with Crippen LogP contribution in [0.4, 0.5) is 0 Å². The van der Waals surface area contributed by atoms with Crippen LogP contribution in [0.2, 0.25) is 0 Å². The molecule has 0 spiro atoms. The van der Waals surface area contributed by atoms with Gasteiger partial charge in [-0.2, -0.15) is 5.10 Å². The Labute approximate surface area is 107 Å². The van der Waals surface area contributed by atoms with Gasteiger partial charge in [0.05, 0.1) is 0 Å². The van der Waals surface area contributed by atoms with Crippen LogP contribution in [0, 0.1) is 0 Å². The standard InChI is InChI=1S/C15H17N3/c1-2-4-13-10(3-1)5-8-12(13)9-14-16-15(18-17-14)11-6-7-11/h1-4,11-12H,5-9H2,(H,16,17,18). The molecule has 1 unspecified atom stereocenters. The quantitative estimate of drug-likeness (QED) is 0.894. The van der Waals surface area contributed by atoms with Gasteiger partial charge in [-0.25, -0.2) is 4.98 Å². The third-order valence-corrected chi connectivity index (χ3v) is 4.19. The first-order valence-corrected chi connectivity index (χ1v) is 6.89. The second-order valence-corrected chi connectivity index (χ2v) is 5.55. The molecule has 1 fully saturated rings. The number of H-pyrrole nitrogens is 1. The summed E-state index contributed by atoms with van der Waals surface area (Å²) in [7, 11) is 0. The lowest BCUT2D eigenvalue weighted by Gasteiger charge is -2.08. The molecule has 1 aromatic carbocycles. The van der Waals surface area contributed by atoms with Crippen molar-refractivity contribution in [3.8, 4) is 0 Å². The number of benzene rings is 1. The van der Waals surface area contributed by atoms with Crippen LogP contribution in [0.25, 0.3) is 0 Å². The molecule has 18 heavy (non-hydrogen) atoms. The molecule has 0 bridgehead atoms. The molecule has 3 nitrogen and oxygen atoms in total. The van der Waals surface area contributed by atoms with E-state index in [0.717, 1.165) is 18.1 Å². The highest BCUT2D eigenvalue weighted by atomic mass is 15.2. The van der Waals surface area contributed by atoms with Crippen molar-refractivity contribution in [2.45, 2.75) is 43.9 Å². The molecule has 2 aromatic rings. The van der Waals surface area contributed by atoms with Gasteiger partial charge >= 0.3 is 0 Å². The maximum atomic E-state index is 4.64. The predicted octanol–water partition coefficient (Wildman–Crippen LogP) is 2.95. The highest BCUT2D eigenvalue weighted by Gasteiger charge is 2.29. The first-order valence-electron chi connectivity index (χ1n) is 6.89. The normalized spacial score (nSPS) is 22.1. The van der Waals surface area contributed by atoms with Gasteiger partial charge in [-0.15, -0.1) is 0 Å². The molecule has 1 aromatic heterocycles. The molecular formula is C15H17N3. The zero-order valence-corrected chi connectivity index (χ0v) is 10.4. The van der Waals surface area contributed by atoms with Crippen LogP contribution in [0.1, 0.15) is 53.9 Å². The van der Waals surface area contributed by atoms with Gasteiger partial charge in [0, 0.05) is 12.3 Å². The Morgan fingerprint density at radius 3 is 2.94 bits per heavy atom. The molecule has 2 aliphatic rings. The fourth-order valence-corrected chi connectivity index (χ4v) is 3.02. The molecule has 1 saturated carbocycles. The van der Waals surface area contributed by atoms with Crippen LogP contribution in [0.15, 0.2) is 24.3 Å². The van der Waals surface area contributed by atoms with Gasteiger partial charge in [-0.05, 0) is 42.7 Å². The van der Waals surface area contributed by atoms with E-state index < -0.39 is 0 Å². The molecule has 3 heteroatoms. The Kier molecular flexibility index (Phi) is 2.25. The largest absolute Gasteiger partial charge is 0.263 e. The topological polar surface area (TPSA) is 41.6 Å². The minimum Gasteiger partial charge on any atom is -0.263 e. The second kappa shape index (κ2) is 3.94. The van der Waals surface area contributed by atoms with Gasteiger partial charge in [0.2, 0.25) is 0 Å². The molecule has 1 N–H and O–H groups in total. The minimum atomic E-state index is 0.626. The van der Waals surface area contributed by atoms with E-state index in [2.05, 4.69) is 39.4 Å². The van der Waals surface area contributed by atoms with Gasteiger partial charge in [0.1, 0.15) is 5.82 Å². The molecule has 0 radical (unpaired) electrons. The Hall–Kier alpha value is -1.64. The van der Waals surface area contributed by atoms with Crippen LogP contribution >= 0.6 is 0 Å². The summed E-state index contributed by atoms with van der Waals surface area (Å²) >= 11 is 0. The third-order valence-electron chi connectivity index (χ3n) is 4.19. The van der Waals surface area contributed by atoms with Crippen molar-refractivity contribution in [2.75, 3.05) is 0 Å². The van der Waals surface area contributed by atoms with Gasteiger partial charge < -0.3 is 0 Å². The average Bonchev–Trinajstić information content (AvgIpc) is 3.02.